The van der Waals surface area contributed by atoms with E-state index in [2.05, 4.69) is 24.3 Å². The summed E-state index contributed by atoms with van der Waals surface area (Å²) in [4.78, 5) is 0. The molecule has 19 heavy (non-hydrogen) atoms. The number of benzene rings is 1. The molecule has 102 valence electrons. The van der Waals surface area contributed by atoms with Gasteiger partial charge in [-0.3, -0.25) is 4.68 Å². The van der Waals surface area contributed by atoms with E-state index in [-0.39, 0.29) is 5.82 Å². The number of aromatic nitrogens is 2. The first-order valence-electron chi connectivity index (χ1n) is 6.73. The maximum Gasteiger partial charge on any atom is 0.123 e. The van der Waals surface area contributed by atoms with Gasteiger partial charge in [0.05, 0.1) is 12.7 Å². The number of hydrogen-bond acceptors (Lipinski definition) is 2. The molecule has 1 N–H and O–H groups in total. The first-order chi connectivity index (χ1) is 9.24. The Morgan fingerprint density at radius 2 is 2.16 bits per heavy atom. The fraction of sp³-hybridized carbons (Fsp3) is 0.400. The van der Waals surface area contributed by atoms with Crippen LogP contribution in [0.2, 0.25) is 0 Å². The van der Waals surface area contributed by atoms with Gasteiger partial charge in [0.15, 0.2) is 0 Å². The van der Waals surface area contributed by atoms with Crippen molar-refractivity contribution in [1.82, 2.24) is 15.1 Å². The summed E-state index contributed by atoms with van der Waals surface area (Å²) < 4.78 is 15.1. The van der Waals surface area contributed by atoms with Gasteiger partial charge in [-0.1, -0.05) is 26.0 Å². The van der Waals surface area contributed by atoms with Crippen LogP contribution in [0.3, 0.4) is 0 Å². The number of nitrogens with zero attached hydrogens (tertiary/aromatic N) is 2. The van der Waals surface area contributed by atoms with E-state index in [1.165, 1.54) is 17.3 Å². The Balaban J connectivity index is 2.18. The van der Waals surface area contributed by atoms with Crippen molar-refractivity contribution in [1.29, 1.82) is 0 Å². The molecule has 2 rings (SSSR count). The number of halogens is 1. The third kappa shape index (κ3) is 3.41. The van der Waals surface area contributed by atoms with Crippen molar-refractivity contribution in [3.05, 3.63) is 53.1 Å². The summed E-state index contributed by atoms with van der Waals surface area (Å²) in [5.74, 6) is -0.199. The first kappa shape index (κ1) is 13.7. The van der Waals surface area contributed by atoms with Gasteiger partial charge in [-0.15, -0.1) is 0 Å². The number of rotatable bonds is 6. The van der Waals surface area contributed by atoms with Crippen LogP contribution in [0.15, 0.2) is 30.5 Å². The third-order valence-electron chi connectivity index (χ3n) is 3.16. The van der Waals surface area contributed by atoms with E-state index in [1.807, 2.05) is 16.9 Å². The quantitative estimate of drug-likeness (QED) is 0.866. The molecule has 0 unspecified atom stereocenters. The Morgan fingerprint density at radius 3 is 2.84 bits per heavy atom. The molecule has 0 saturated carbocycles. The number of nitrogens with one attached hydrogen (secondary N) is 1. The van der Waals surface area contributed by atoms with E-state index < -0.39 is 0 Å². The second-order valence-electron chi connectivity index (χ2n) is 4.54. The van der Waals surface area contributed by atoms with Crippen LogP contribution in [0.4, 0.5) is 4.39 Å². The maximum atomic E-state index is 13.2. The Morgan fingerprint density at radius 1 is 1.32 bits per heavy atom. The van der Waals surface area contributed by atoms with Crippen molar-refractivity contribution in [3.63, 3.8) is 0 Å². The molecule has 2 aromatic rings. The molecule has 0 bridgehead atoms. The lowest BCUT2D eigenvalue weighted by atomic mass is 10.2. The summed E-state index contributed by atoms with van der Waals surface area (Å²) in [6.45, 7) is 6.60. The molecule has 0 spiro atoms. The highest BCUT2D eigenvalue weighted by Crippen LogP contribution is 2.13. The summed E-state index contributed by atoms with van der Waals surface area (Å²) in [6, 6.07) is 6.68. The van der Waals surface area contributed by atoms with Gasteiger partial charge in [-0.2, -0.15) is 5.10 Å². The van der Waals surface area contributed by atoms with Crippen LogP contribution >= 0.6 is 0 Å². The van der Waals surface area contributed by atoms with Gasteiger partial charge in [0.2, 0.25) is 0 Å². The SMILES string of the molecule is CCNCc1cnn(Cc2cccc(F)c2)c1CC. The molecule has 0 saturated heterocycles. The van der Waals surface area contributed by atoms with Gasteiger partial charge in [0, 0.05) is 17.8 Å². The lowest BCUT2D eigenvalue weighted by Gasteiger charge is -2.08. The standard InChI is InChI=1S/C15H20FN3/c1-3-15-13(9-17-4-2)10-18-19(15)11-12-6-5-7-14(16)8-12/h5-8,10,17H,3-4,9,11H2,1-2H3. The van der Waals surface area contributed by atoms with Gasteiger partial charge in [-0.25, -0.2) is 4.39 Å². The zero-order valence-corrected chi connectivity index (χ0v) is 11.5. The van der Waals surface area contributed by atoms with Crippen LogP contribution in [0.25, 0.3) is 0 Å². The molecule has 1 aromatic heterocycles. The maximum absolute atomic E-state index is 13.2. The van der Waals surface area contributed by atoms with Crippen LogP contribution < -0.4 is 5.32 Å². The largest absolute Gasteiger partial charge is 0.313 e. The fourth-order valence-electron chi connectivity index (χ4n) is 2.21. The molecule has 1 aromatic carbocycles. The van der Waals surface area contributed by atoms with E-state index in [1.54, 1.807) is 12.1 Å². The predicted molar refractivity (Wildman–Crippen MR) is 74.5 cm³/mol. The molecular weight excluding hydrogens is 241 g/mol. The molecule has 3 nitrogen and oxygen atoms in total. The summed E-state index contributed by atoms with van der Waals surface area (Å²) >= 11 is 0. The Kier molecular flexibility index (Phi) is 4.68. The van der Waals surface area contributed by atoms with E-state index in [4.69, 9.17) is 0 Å². The average molecular weight is 261 g/mol. The molecule has 0 fully saturated rings. The first-order valence-corrected chi connectivity index (χ1v) is 6.73. The fourth-order valence-corrected chi connectivity index (χ4v) is 2.21. The van der Waals surface area contributed by atoms with E-state index in [0.29, 0.717) is 6.54 Å². The molecule has 0 radical (unpaired) electrons. The zero-order valence-electron chi connectivity index (χ0n) is 11.5. The Bertz CT molecular complexity index is 534. The molecule has 0 aliphatic carbocycles. The summed E-state index contributed by atoms with van der Waals surface area (Å²) in [5.41, 5.74) is 3.37. The molecular formula is C15H20FN3. The molecule has 4 heteroatoms. The van der Waals surface area contributed by atoms with Crippen molar-refractivity contribution < 1.29 is 4.39 Å². The van der Waals surface area contributed by atoms with Crippen LogP contribution in [-0.2, 0) is 19.5 Å². The zero-order chi connectivity index (χ0) is 13.7. The van der Waals surface area contributed by atoms with E-state index in [9.17, 15) is 4.39 Å². The summed E-state index contributed by atoms with van der Waals surface area (Å²) in [5, 5.41) is 7.73. The second-order valence-corrected chi connectivity index (χ2v) is 4.54. The minimum atomic E-state index is -0.199. The Labute approximate surface area is 113 Å². The lowest BCUT2D eigenvalue weighted by molar-refractivity contribution is 0.612. The van der Waals surface area contributed by atoms with Gasteiger partial charge < -0.3 is 5.32 Å². The summed E-state index contributed by atoms with van der Waals surface area (Å²) in [6.07, 6.45) is 2.83. The van der Waals surface area contributed by atoms with Crippen LogP contribution in [-0.4, -0.2) is 16.3 Å². The molecule has 0 atom stereocenters. The van der Waals surface area contributed by atoms with Gasteiger partial charge in [0.1, 0.15) is 5.82 Å². The van der Waals surface area contributed by atoms with Crippen molar-refractivity contribution in [2.24, 2.45) is 0 Å². The van der Waals surface area contributed by atoms with Crippen molar-refractivity contribution in [2.45, 2.75) is 33.4 Å². The minimum absolute atomic E-state index is 0.199. The van der Waals surface area contributed by atoms with Crippen LogP contribution in [0.5, 0.6) is 0 Å². The Hall–Kier alpha value is -1.68. The smallest absolute Gasteiger partial charge is 0.123 e. The highest BCUT2D eigenvalue weighted by atomic mass is 19.1. The normalized spacial score (nSPS) is 10.9. The van der Waals surface area contributed by atoms with E-state index in [0.717, 1.165) is 25.1 Å². The van der Waals surface area contributed by atoms with Crippen molar-refractivity contribution >= 4 is 0 Å². The monoisotopic (exact) mass is 261 g/mol. The predicted octanol–water partition coefficient (Wildman–Crippen LogP) is 2.74. The molecule has 0 amide bonds. The van der Waals surface area contributed by atoms with Crippen LogP contribution in [0.1, 0.15) is 30.7 Å². The minimum Gasteiger partial charge on any atom is -0.313 e. The highest BCUT2D eigenvalue weighted by Gasteiger charge is 2.09. The average Bonchev–Trinajstić information content (AvgIpc) is 2.78. The van der Waals surface area contributed by atoms with Gasteiger partial charge in [0.25, 0.3) is 0 Å². The van der Waals surface area contributed by atoms with Crippen LogP contribution in [0, 0.1) is 5.82 Å². The second kappa shape index (κ2) is 6.48. The number of hydrogen-bond donors (Lipinski definition) is 1. The van der Waals surface area contributed by atoms with E-state index >= 15 is 0 Å². The molecule has 0 aliphatic heterocycles. The highest BCUT2D eigenvalue weighted by molar-refractivity contribution is 5.21. The lowest BCUT2D eigenvalue weighted by Crippen LogP contribution is -2.14. The summed E-state index contributed by atoms with van der Waals surface area (Å²) in [7, 11) is 0. The third-order valence-corrected chi connectivity index (χ3v) is 3.16. The van der Waals surface area contributed by atoms with Crippen molar-refractivity contribution in [2.75, 3.05) is 6.54 Å². The van der Waals surface area contributed by atoms with Gasteiger partial charge >= 0.3 is 0 Å². The van der Waals surface area contributed by atoms with Gasteiger partial charge in [-0.05, 0) is 30.7 Å². The molecule has 1 heterocycles. The topological polar surface area (TPSA) is 29.9 Å². The molecule has 0 aliphatic rings. The van der Waals surface area contributed by atoms with Crippen molar-refractivity contribution in [3.8, 4) is 0 Å².